The van der Waals surface area contributed by atoms with Crippen molar-refractivity contribution in [2.75, 3.05) is 6.61 Å². The number of para-hydroxylation sites is 1. The summed E-state index contributed by atoms with van der Waals surface area (Å²) in [6.45, 7) is -0.144. The van der Waals surface area contributed by atoms with Crippen LogP contribution in [-0.2, 0) is 4.79 Å². The van der Waals surface area contributed by atoms with Crippen LogP contribution >= 0.6 is 0 Å². The number of nitrogens with one attached hydrogen (secondary N) is 1. The van der Waals surface area contributed by atoms with Gasteiger partial charge in [0.25, 0.3) is 5.91 Å². The van der Waals surface area contributed by atoms with Crippen molar-refractivity contribution < 1.29 is 9.53 Å². The van der Waals surface area contributed by atoms with Crippen LogP contribution in [0.15, 0.2) is 109 Å². The second-order valence-electron chi connectivity index (χ2n) is 7.55. The number of hydrogen-bond donors (Lipinski definition) is 1. The Kier molecular flexibility index (Phi) is 6.07. The summed E-state index contributed by atoms with van der Waals surface area (Å²) in [4.78, 5) is 16.5. The van der Waals surface area contributed by atoms with Crippen molar-refractivity contribution in [3.05, 3.63) is 109 Å². The van der Waals surface area contributed by atoms with E-state index in [1.807, 2.05) is 91.1 Å². The molecule has 0 radical (unpaired) electrons. The van der Waals surface area contributed by atoms with Crippen LogP contribution in [0.25, 0.3) is 27.7 Å². The van der Waals surface area contributed by atoms with Crippen molar-refractivity contribution in [1.82, 2.24) is 20.2 Å². The van der Waals surface area contributed by atoms with E-state index in [1.165, 1.54) is 0 Å². The van der Waals surface area contributed by atoms with Crippen LogP contribution in [0.1, 0.15) is 5.56 Å². The lowest BCUT2D eigenvalue weighted by molar-refractivity contribution is -0.123. The number of fused-ring (bicyclic) bond motifs is 1. The molecule has 0 unspecified atom stereocenters. The van der Waals surface area contributed by atoms with Crippen LogP contribution in [0.4, 0.5) is 0 Å². The molecule has 0 saturated heterocycles. The predicted octanol–water partition coefficient (Wildman–Crippen LogP) is 4.62. The fourth-order valence-electron chi connectivity index (χ4n) is 3.53. The minimum Gasteiger partial charge on any atom is -0.484 e. The highest BCUT2D eigenvalue weighted by Gasteiger charge is 2.11. The number of aromatic nitrogens is 3. The van der Waals surface area contributed by atoms with Gasteiger partial charge in [-0.1, -0.05) is 48.5 Å². The minimum absolute atomic E-state index is 0.144. The highest BCUT2D eigenvalue weighted by atomic mass is 16.5. The predicted molar refractivity (Wildman–Crippen MR) is 132 cm³/mol. The van der Waals surface area contributed by atoms with E-state index >= 15 is 0 Å². The number of amides is 1. The fourth-order valence-corrected chi connectivity index (χ4v) is 3.53. The molecule has 34 heavy (non-hydrogen) atoms. The number of carbonyl (C=O) groups excluding carboxylic acids is 1. The number of carbonyl (C=O) groups is 1. The summed E-state index contributed by atoms with van der Waals surface area (Å²) in [5.74, 6) is 0.267. The van der Waals surface area contributed by atoms with Crippen LogP contribution in [0, 0.1) is 0 Å². The number of nitrogens with zero attached hydrogens (tertiary/aromatic N) is 4. The Labute approximate surface area is 196 Å². The first-order valence-corrected chi connectivity index (χ1v) is 10.8. The van der Waals surface area contributed by atoms with Gasteiger partial charge in [0.05, 0.1) is 11.9 Å². The quantitative estimate of drug-likeness (QED) is 0.292. The van der Waals surface area contributed by atoms with E-state index in [2.05, 4.69) is 15.5 Å². The molecule has 3 aromatic carbocycles. The maximum Gasteiger partial charge on any atom is 0.277 e. The highest BCUT2D eigenvalue weighted by molar-refractivity contribution is 5.89. The maximum atomic E-state index is 12.3. The monoisotopic (exact) mass is 447 g/mol. The Morgan fingerprint density at radius 3 is 2.62 bits per heavy atom. The van der Waals surface area contributed by atoms with E-state index in [9.17, 15) is 4.79 Å². The van der Waals surface area contributed by atoms with E-state index in [4.69, 9.17) is 9.84 Å². The second-order valence-corrected chi connectivity index (χ2v) is 7.55. The van der Waals surface area contributed by atoms with Crippen molar-refractivity contribution in [2.24, 2.45) is 5.10 Å². The molecule has 0 fully saturated rings. The van der Waals surface area contributed by atoms with Crippen molar-refractivity contribution in [1.29, 1.82) is 0 Å². The number of hydrogen-bond acceptors (Lipinski definition) is 5. The first-order chi connectivity index (χ1) is 16.8. The van der Waals surface area contributed by atoms with Crippen LogP contribution in [0.5, 0.6) is 5.75 Å². The molecule has 0 aliphatic rings. The van der Waals surface area contributed by atoms with Crippen LogP contribution in [0.2, 0.25) is 0 Å². The molecule has 2 heterocycles. The lowest BCUT2D eigenvalue weighted by Gasteiger charge is -2.06. The van der Waals surface area contributed by atoms with Crippen molar-refractivity contribution >= 4 is 22.9 Å². The highest BCUT2D eigenvalue weighted by Crippen LogP contribution is 2.22. The van der Waals surface area contributed by atoms with Gasteiger partial charge in [-0.05, 0) is 47.2 Å². The number of benzene rings is 3. The normalized spacial score (nSPS) is 11.1. The average molecular weight is 447 g/mol. The third-order valence-electron chi connectivity index (χ3n) is 5.18. The Morgan fingerprint density at radius 2 is 1.79 bits per heavy atom. The van der Waals surface area contributed by atoms with Crippen molar-refractivity contribution in [3.63, 3.8) is 0 Å². The molecule has 1 N–H and O–H groups in total. The molecule has 166 valence electrons. The molecule has 0 saturated carbocycles. The Hall–Kier alpha value is -4.78. The smallest absolute Gasteiger partial charge is 0.277 e. The summed E-state index contributed by atoms with van der Waals surface area (Å²) < 4.78 is 7.40. The molecule has 7 nitrogen and oxygen atoms in total. The van der Waals surface area contributed by atoms with E-state index in [1.54, 1.807) is 23.3 Å². The molecule has 0 bridgehead atoms. The van der Waals surface area contributed by atoms with Crippen molar-refractivity contribution in [2.45, 2.75) is 0 Å². The standard InChI is InChI=1S/C27H21N5O2/c33-26(19-34-25-13-12-20-7-4-5-8-21(20)15-25)30-29-17-23-18-32(24-10-2-1-3-11-24)31-27(23)22-9-6-14-28-16-22/h1-18H,19H2,(H,30,33)/b29-17+. The lowest BCUT2D eigenvalue weighted by atomic mass is 10.1. The maximum absolute atomic E-state index is 12.3. The van der Waals surface area contributed by atoms with E-state index in [0.717, 1.165) is 27.6 Å². The van der Waals surface area contributed by atoms with Gasteiger partial charge >= 0.3 is 0 Å². The third kappa shape index (κ3) is 4.83. The zero-order valence-electron chi connectivity index (χ0n) is 18.2. The van der Waals surface area contributed by atoms with E-state index < -0.39 is 0 Å². The first-order valence-electron chi connectivity index (χ1n) is 10.8. The Balaban J connectivity index is 1.28. The molecule has 1 amide bonds. The third-order valence-corrected chi connectivity index (χ3v) is 5.18. The van der Waals surface area contributed by atoms with E-state index in [-0.39, 0.29) is 12.5 Å². The number of hydrazone groups is 1. The Morgan fingerprint density at radius 1 is 0.971 bits per heavy atom. The van der Waals surface area contributed by atoms with Gasteiger partial charge in [0, 0.05) is 29.7 Å². The molecule has 0 aliphatic carbocycles. The molecule has 2 aromatic heterocycles. The van der Waals surface area contributed by atoms with Gasteiger partial charge in [0.15, 0.2) is 6.61 Å². The molecule has 0 aliphatic heterocycles. The van der Waals surface area contributed by atoms with Gasteiger partial charge in [-0.3, -0.25) is 9.78 Å². The minimum atomic E-state index is -0.359. The number of ether oxygens (including phenoxy) is 1. The van der Waals surface area contributed by atoms with Crippen LogP contribution < -0.4 is 10.2 Å². The molecule has 0 spiro atoms. The molecule has 0 atom stereocenters. The van der Waals surface area contributed by atoms with Crippen LogP contribution in [0.3, 0.4) is 0 Å². The van der Waals surface area contributed by atoms with Gasteiger partial charge in [0.2, 0.25) is 0 Å². The summed E-state index contributed by atoms with van der Waals surface area (Å²) in [7, 11) is 0. The molecule has 7 heteroatoms. The van der Waals surface area contributed by atoms with Gasteiger partial charge in [0.1, 0.15) is 11.4 Å². The molecule has 5 aromatic rings. The van der Waals surface area contributed by atoms with Crippen LogP contribution in [-0.4, -0.2) is 33.5 Å². The summed E-state index contributed by atoms with van der Waals surface area (Å²) >= 11 is 0. The Bertz CT molecular complexity index is 1450. The van der Waals surface area contributed by atoms with Crippen molar-refractivity contribution in [3.8, 4) is 22.7 Å². The lowest BCUT2D eigenvalue weighted by Crippen LogP contribution is -2.24. The van der Waals surface area contributed by atoms with Gasteiger partial charge in [-0.2, -0.15) is 10.2 Å². The molecular formula is C27H21N5O2. The summed E-state index contributed by atoms with van der Waals surface area (Å²) in [5, 5.41) is 11.0. The number of rotatable bonds is 7. The second kappa shape index (κ2) is 9.79. The van der Waals surface area contributed by atoms with Gasteiger partial charge in [-0.15, -0.1) is 0 Å². The average Bonchev–Trinajstić information content (AvgIpc) is 3.32. The largest absolute Gasteiger partial charge is 0.484 e. The molecule has 5 rings (SSSR count). The fraction of sp³-hybridized carbons (Fsp3) is 0.0370. The van der Waals surface area contributed by atoms with Gasteiger partial charge in [-0.25, -0.2) is 10.1 Å². The SMILES string of the molecule is O=C(COc1ccc2ccccc2c1)N/N=C/c1cn(-c2ccccc2)nc1-c1cccnc1. The number of pyridine rings is 1. The molecular weight excluding hydrogens is 426 g/mol. The topological polar surface area (TPSA) is 81.4 Å². The zero-order chi connectivity index (χ0) is 23.2. The van der Waals surface area contributed by atoms with Gasteiger partial charge < -0.3 is 4.74 Å². The van der Waals surface area contributed by atoms with E-state index in [0.29, 0.717) is 11.4 Å². The summed E-state index contributed by atoms with van der Waals surface area (Å²) in [5.41, 5.74) is 5.74. The summed E-state index contributed by atoms with van der Waals surface area (Å²) in [6.07, 6.45) is 6.88. The zero-order valence-corrected chi connectivity index (χ0v) is 18.2. The first kappa shape index (κ1) is 21.1. The summed E-state index contributed by atoms with van der Waals surface area (Å²) in [6, 6.07) is 27.3.